The minimum Gasteiger partial charge on any atom is -0.493 e. The van der Waals surface area contributed by atoms with Gasteiger partial charge in [-0.2, -0.15) is 0 Å². The van der Waals surface area contributed by atoms with E-state index in [-0.39, 0.29) is 18.5 Å². The molecule has 6 nitrogen and oxygen atoms in total. The Morgan fingerprint density at radius 1 is 1.16 bits per heavy atom. The van der Waals surface area contributed by atoms with Gasteiger partial charge in [-0.15, -0.1) is 0 Å². The summed E-state index contributed by atoms with van der Waals surface area (Å²) in [6.45, 7) is 6.44. The van der Waals surface area contributed by atoms with Crippen LogP contribution in [-0.2, 0) is 14.3 Å². The average molecular weight is 416 g/mol. The topological polar surface area (TPSA) is 65.1 Å². The van der Waals surface area contributed by atoms with Crippen LogP contribution in [-0.4, -0.2) is 49.2 Å². The van der Waals surface area contributed by atoms with Crippen LogP contribution < -0.4 is 4.74 Å². The van der Waals surface area contributed by atoms with E-state index in [2.05, 4.69) is 15.9 Å². The molecule has 0 aliphatic carbocycles. The van der Waals surface area contributed by atoms with Crippen molar-refractivity contribution in [3.05, 3.63) is 29.8 Å². The number of benzene rings is 1. The third-order valence-electron chi connectivity index (χ3n) is 3.48. The van der Waals surface area contributed by atoms with E-state index in [0.717, 1.165) is 16.6 Å². The number of alkyl halides is 1. The Balaban J connectivity index is 2.87. The molecule has 0 unspecified atom stereocenters. The Bertz CT molecular complexity index is 547. The zero-order valence-corrected chi connectivity index (χ0v) is 16.7. The van der Waals surface area contributed by atoms with Crippen molar-refractivity contribution in [3.63, 3.8) is 0 Å². The fraction of sp³-hybridized carbons (Fsp3) is 0.556. The number of ether oxygens (including phenoxy) is 3. The molecule has 0 fully saturated rings. The summed E-state index contributed by atoms with van der Waals surface area (Å²) < 4.78 is 15.5. The molecule has 0 N–H and O–H groups in total. The number of carbonyl (C=O) groups is 2. The van der Waals surface area contributed by atoms with Crippen molar-refractivity contribution in [3.8, 4) is 5.75 Å². The first-order chi connectivity index (χ1) is 11.9. The molecule has 140 valence electrons. The highest BCUT2D eigenvalue weighted by atomic mass is 79.9. The lowest BCUT2D eigenvalue weighted by Crippen LogP contribution is -2.39. The first-order valence-corrected chi connectivity index (χ1v) is 9.30. The number of methoxy groups -OCH3 is 1. The van der Waals surface area contributed by atoms with Gasteiger partial charge in [-0.3, -0.25) is 9.69 Å². The Kier molecular flexibility index (Phi) is 9.34. The molecule has 7 heteroatoms. The zero-order chi connectivity index (χ0) is 18.8. The van der Waals surface area contributed by atoms with E-state index in [0.29, 0.717) is 13.2 Å². The monoisotopic (exact) mass is 415 g/mol. The largest absolute Gasteiger partial charge is 0.493 e. The van der Waals surface area contributed by atoms with Crippen LogP contribution in [0.25, 0.3) is 0 Å². The van der Waals surface area contributed by atoms with Gasteiger partial charge < -0.3 is 14.2 Å². The lowest BCUT2D eigenvalue weighted by Gasteiger charge is -2.28. The van der Waals surface area contributed by atoms with E-state index >= 15 is 0 Å². The quantitative estimate of drug-likeness (QED) is 0.453. The van der Waals surface area contributed by atoms with Crippen LogP contribution in [0.2, 0.25) is 0 Å². The van der Waals surface area contributed by atoms with E-state index in [1.165, 1.54) is 12.0 Å². The first kappa shape index (κ1) is 21.3. The summed E-state index contributed by atoms with van der Waals surface area (Å²) >= 11 is 3.31. The van der Waals surface area contributed by atoms with Crippen LogP contribution in [0.3, 0.4) is 0 Å². The van der Waals surface area contributed by atoms with Gasteiger partial charge in [0.15, 0.2) is 0 Å². The highest BCUT2D eigenvalue weighted by Crippen LogP contribution is 2.24. The fourth-order valence-electron chi connectivity index (χ4n) is 2.06. The lowest BCUT2D eigenvalue weighted by molar-refractivity contribution is -0.142. The maximum absolute atomic E-state index is 12.4. The van der Waals surface area contributed by atoms with Gasteiger partial charge in [0.1, 0.15) is 12.3 Å². The minimum atomic E-state index is -0.536. The maximum atomic E-state index is 12.4. The Hall–Kier alpha value is -1.76. The summed E-state index contributed by atoms with van der Waals surface area (Å²) in [4.78, 5) is 25.4. The number of hydrogen-bond acceptors (Lipinski definition) is 5. The molecule has 0 radical (unpaired) electrons. The molecule has 0 aliphatic heterocycles. The second-order valence-electron chi connectivity index (χ2n) is 5.96. The number of hydrogen-bond donors (Lipinski definition) is 0. The van der Waals surface area contributed by atoms with Gasteiger partial charge in [0, 0.05) is 5.33 Å². The third kappa shape index (κ3) is 7.34. The van der Waals surface area contributed by atoms with Crippen LogP contribution in [0.1, 0.15) is 32.4 Å². The average Bonchev–Trinajstić information content (AvgIpc) is 2.62. The molecule has 0 spiro atoms. The van der Waals surface area contributed by atoms with Gasteiger partial charge in [-0.1, -0.05) is 41.9 Å². The van der Waals surface area contributed by atoms with Gasteiger partial charge in [-0.25, -0.2) is 4.79 Å². The van der Waals surface area contributed by atoms with E-state index in [9.17, 15) is 9.59 Å². The molecular formula is C18H26BrNO5. The Morgan fingerprint density at radius 2 is 1.80 bits per heavy atom. The van der Waals surface area contributed by atoms with Gasteiger partial charge in [0.2, 0.25) is 0 Å². The molecule has 0 heterocycles. The van der Waals surface area contributed by atoms with Crippen LogP contribution >= 0.6 is 15.9 Å². The number of halogens is 1. The number of rotatable bonds is 9. The number of carbonyl (C=O) groups excluding carboxylic acids is 2. The highest BCUT2D eigenvalue weighted by molar-refractivity contribution is 9.09. The summed E-state index contributed by atoms with van der Waals surface area (Å²) in [5.41, 5.74) is 0.872. The molecule has 25 heavy (non-hydrogen) atoms. The van der Waals surface area contributed by atoms with Crippen molar-refractivity contribution in [2.24, 2.45) is 5.92 Å². The number of esters is 1. The fourth-order valence-corrected chi connectivity index (χ4v) is 2.22. The Labute approximate surface area is 157 Å². The van der Waals surface area contributed by atoms with E-state index < -0.39 is 12.1 Å². The Morgan fingerprint density at radius 3 is 2.32 bits per heavy atom. The summed E-state index contributed by atoms with van der Waals surface area (Å²) in [5.74, 6) is 0.466. The van der Waals surface area contributed by atoms with Gasteiger partial charge in [0.25, 0.3) is 0 Å². The molecule has 0 saturated heterocycles. The zero-order valence-electron chi connectivity index (χ0n) is 15.2. The van der Waals surface area contributed by atoms with Gasteiger partial charge in [-0.05, 0) is 30.5 Å². The van der Waals surface area contributed by atoms with Crippen LogP contribution in [0.4, 0.5) is 4.79 Å². The van der Waals surface area contributed by atoms with Gasteiger partial charge >= 0.3 is 12.1 Å². The van der Waals surface area contributed by atoms with Crippen molar-refractivity contribution < 1.29 is 23.8 Å². The summed E-state index contributed by atoms with van der Waals surface area (Å²) in [7, 11) is 1.29. The predicted octanol–water partition coefficient (Wildman–Crippen LogP) is 3.79. The maximum Gasteiger partial charge on any atom is 0.410 e. The van der Waals surface area contributed by atoms with E-state index in [1.807, 2.05) is 45.0 Å². The number of amides is 1. The smallest absolute Gasteiger partial charge is 0.410 e. The SMILES string of the molecule is COC(=O)CN(C(=O)OCC(C)C)[C@@H](C)c1ccc(OCCBr)cc1. The summed E-state index contributed by atoms with van der Waals surface area (Å²) in [6.07, 6.45) is -0.536. The molecule has 1 atom stereocenters. The van der Waals surface area contributed by atoms with Crippen LogP contribution in [0, 0.1) is 5.92 Å². The second kappa shape index (κ2) is 11.0. The van der Waals surface area contributed by atoms with E-state index in [4.69, 9.17) is 14.2 Å². The second-order valence-corrected chi connectivity index (χ2v) is 6.75. The van der Waals surface area contributed by atoms with Crippen molar-refractivity contribution in [1.29, 1.82) is 0 Å². The lowest BCUT2D eigenvalue weighted by atomic mass is 10.1. The molecule has 0 saturated carbocycles. The summed E-state index contributed by atoms with van der Waals surface area (Å²) in [6, 6.07) is 7.07. The molecule has 0 aliphatic rings. The summed E-state index contributed by atoms with van der Waals surface area (Å²) in [5, 5.41) is 0.750. The first-order valence-electron chi connectivity index (χ1n) is 8.18. The molecule has 0 bridgehead atoms. The minimum absolute atomic E-state index is 0.170. The van der Waals surface area contributed by atoms with Crippen molar-refractivity contribution in [1.82, 2.24) is 4.90 Å². The molecule has 1 aromatic carbocycles. The van der Waals surface area contributed by atoms with Crippen LogP contribution in [0.5, 0.6) is 5.75 Å². The van der Waals surface area contributed by atoms with Crippen molar-refractivity contribution in [2.75, 3.05) is 32.2 Å². The third-order valence-corrected chi connectivity index (χ3v) is 3.80. The van der Waals surface area contributed by atoms with Crippen molar-refractivity contribution >= 4 is 28.0 Å². The normalized spacial score (nSPS) is 11.8. The molecule has 1 amide bonds. The molecule has 1 rings (SSSR count). The highest BCUT2D eigenvalue weighted by Gasteiger charge is 2.26. The van der Waals surface area contributed by atoms with Crippen molar-refractivity contribution in [2.45, 2.75) is 26.8 Å². The predicted molar refractivity (Wildman–Crippen MR) is 99.1 cm³/mol. The molecule has 1 aromatic rings. The molecular weight excluding hydrogens is 390 g/mol. The van der Waals surface area contributed by atoms with E-state index in [1.54, 1.807) is 0 Å². The van der Waals surface area contributed by atoms with Crippen LogP contribution in [0.15, 0.2) is 24.3 Å². The van der Waals surface area contributed by atoms with Gasteiger partial charge in [0.05, 0.1) is 26.4 Å². The number of nitrogens with zero attached hydrogens (tertiary/aromatic N) is 1. The molecule has 0 aromatic heterocycles. The standard InChI is InChI=1S/C18H26BrNO5/c1-13(2)12-25-18(22)20(11-17(21)23-4)14(3)15-5-7-16(8-6-15)24-10-9-19/h5-8,13-14H,9-12H2,1-4H3/t14-/m0/s1.